The third-order valence-electron chi connectivity index (χ3n) is 2.09. The summed E-state index contributed by atoms with van der Waals surface area (Å²) in [4.78, 5) is 25.1. The summed E-state index contributed by atoms with van der Waals surface area (Å²) >= 11 is 0. The largest absolute Gasteiger partial charge is 0.396 e. The van der Waals surface area contributed by atoms with Gasteiger partial charge in [0.2, 0.25) is 0 Å². The Morgan fingerprint density at radius 1 is 0.760 bits per heavy atom. The van der Waals surface area contributed by atoms with Gasteiger partial charge < -0.3 is 46.3 Å². The van der Waals surface area contributed by atoms with Crippen molar-refractivity contribution in [2.45, 2.75) is 11.7 Å². The Hall–Kier alpha value is -2.64. The second-order valence-corrected chi connectivity index (χ2v) is 3.67. The Labute approximate surface area is 137 Å². The zero-order chi connectivity index (χ0) is 21.2. The average Bonchev–Trinajstić information content (AvgIpc) is 2.45. The monoisotopic (exact) mass is 385 g/mol. The van der Waals surface area contributed by atoms with Crippen LogP contribution in [0.25, 0.3) is 0 Å². The lowest BCUT2D eigenvalue weighted by Crippen LogP contribution is -2.52. The minimum Gasteiger partial charge on any atom is -0.396 e. The minimum atomic E-state index is -1.98. The predicted octanol–water partition coefficient (Wildman–Crippen LogP) is -4.38. The van der Waals surface area contributed by atoms with Crippen molar-refractivity contribution >= 4 is 0 Å². The van der Waals surface area contributed by atoms with E-state index in [0.717, 1.165) is 0 Å². The molecule has 18 nitrogen and oxygen atoms in total. The summed E-state index contributed by atoms with van der Waals surface area (Å²) in [5, 5.41) is 94.3. The van der Waals surface area contributed by atoms with E-state index in [9.17, 15) is 5.11 Å². The summed E-state index contributed by atoms with van der Waals surface area (Å²) in [6.45, 7) is -2.90. The molecule has 0 radical (unpaired) electrons. The maximum atomic E-state index is 9.46. The number of hydrogen-bond acceptors (Lipinski definition) is 12. The molecule has 0 aliphatic carbocycles. The predicted molar refractivity (Wildman–Crippen MR) is 69.1 cm³/mol. The van der Waals surface area contributed by atoms with E-state index < -0.39 is 59.3 Å². The Morgan fingerprint density at radius 2 is 1.00 bits per heavy atom. The highest BCUT2D eigenvalue weighted by Gasteiger charge is 2.39. The number of rotatable bonds is 6. The Bertz CT molecular complexity index is 321. The molecule has 0 bridgehead atoms. The van der Waals surface area contributed by atoms with Crippen LogP contribution in [0.3, 0.4) is 0 Å². The molecule has 0 aliphatic rings. The van der Waals surface area contributed by atoms with Gasteiger partial charge >= 0.3 is 0 Å². The molecule has 25 heavy (non-hydrogen) atoms. The summed E-state index contributed by atoms with van der Waals surface area (Å²) < 4.78 is 0. The van der Waals surface area contributed by atoms with E-state index in [2.05, 4.69) is 0 Å². The van der Waals surface area contributed by atoms with Gasteiger partial charge in [-0.25, -0.2) is 0 Å². The molecule has 2 atom stereocenters. The zero-order valence-corrected chi connectivity index (χ0v) is 12.3. The normalized spacial score (nSPS) is 11.8. The van der Waals surface area contributed by atoms with Crippen LogP contribution in [0.2, 0.25) is 0 Å². The summed E-state index contributed by atoms with van der Waals surface area (Å²) in [6, 6.07) is 0. The first-order chi connectivity index (χ1) is 11.2. The van der Waals surface area contributed by atoms with Gasteiger partial charge in [-0.15, -0.1) is 30.3 Å². The summed E-state index contributed by atoms with van der Waals surface area (Å²) in [7, 11) is 0. The molecule has 9 N–H and O–H groups in total. The van der Waals surface area contributed by atoms with Crippen molar-refractivity contribution in [1.29, 1.82) is 0 Å². The lowest BCUT2D eigenvalue weighted by molar-refractivity contribution is -0.742. The van der Waals surface area contributed by atoms with Crippen molar-refractivity contribution in [1.82, 2.24) is 0 Å². The fourth-order valence-electron chi connectivity index (χ4n) is 1.06. The van der Waals surface area contributed by atoms with E-state index in [4.69, 9.17) is 71.5 Å². The second kappa shape index (κ2) is 17.7. The van der Waals surface area contributed by atoms with Crippen LogP contribution in [0.5, 0.6) is 0 Å². The van der Waals surface area contributed by atoms with Gasteiger partial charge in [0.25, 0.3) is 15.3 Å². The van der Waals surface area contributed by atoms with Crippen LogP contribution in [0.1, 0.15) is 0 Å². The highest BCUT2D eigenvalue weighted by Crippen LogP contribution is 2.20. The molecule has 0 aromatic rings. The summed E-state index contributed by atoms with van der Waals surface area (Å²) in [5.41, 5.74) is -1.98. The third-order valence-corrected chi connectivity index (χ3v) is 2.09. The Balaban J connectivity index is -0.000000150. The lowest BCUT2D eigenvalue weighted by atomic mass is 9.85. The molecular weight excluding hydrogens is 366 g/mol. The number of nitrogens with zero attached hydrogens (tertiary/aromatic N) is 3. The molecule has 152 valence electrons. The topological polar surface area (TPSA) is 311 Å². The van der Waals surface area contributed by atoms with E-state index in [1.54, 1.807) is 0 Å². The Morgan fingerprint density at radius 3 is 1.12 bits per heavy atom. The zero-order valence-electron chi connectivity index (χ0n) is 12.3. The van der Waals surface area contributed by atoms with Gasteiger partial charge in [0.15, 0.2) is 0 Å². The average molecular weight is 385 g/mol. The van der Waals surface area contributed by atoms with E-state index in [0.29, 0.717) is 0 Å². The van der Waals surface area contributed by atoms with Gasteiger partial charge in [-0.2, -0.15) is 0 Å². The van der Waals surface area contributed by atoms with Gasteiger partial charge in [0.1, 0.15) is 5.60 Å². The van der Waals surface area contributed by atoms with Crippen LogP contribution in [-0.2, 0) is 0 Å². The fourth-order valence-corrected chi connectivity index (χ4v) is 1.06. The maximum absolute atomic E-state index is 9.46. The van der Waals surface area contributed by atoms with Crippen LogP contribution >= 0.6 is 0 Å². The molecule has 0 aromatic heterocycles. The van der Waals surface area contributed by atoms with Crippen molar-refractivity contribution in [3.8, 4) is 0 Å². The van der Waals surface area contributed by atoms with Crippen molar-refractivity contribution < 1.29 is 61.5 Å². The smallest absolute Gasteiger partial charge is 0.291 e. The van der Waals surface area contributed by atoms with Crippen LogP contribution in [-0.4, -0.2) is 99.7 Å². The maximum Gasteiger partial charge on any atom is 0.291 e. The molecule has 0 aromatic carbocycles. The number of aliphatic hydroxyl groups excluding tert-OH is 5. The first-order valence-corrected chi connectivity index (χ1v) is 5.59. The third kappa shape index (κ3) is 26.6. The standard InChI is InChI=1S/C7H16O6.3HNO3/c8-1-5(6(12)2-9)7(13,3-10)4-11;3*2-1(3)4/h5-6,8-13H,1-4H2;3*(H,2,3,4). The molecule has 0 amide bonds. The van der Waals surface area contributed by atoms with Crippen molar-refractivity contribution in [3.05, 3.63) is 30.3 Å². The summed E-state index contributed by atoms with van der Waals surface area (Å²) in [6.07, 6.45) is -1.38. The molecule has 0 heterocycles. The summed E-state index contributed by atoms with van der Waals surface area (Å²) in [5.74, 6) is -1.17. The van der Waals surface area contributed by atoms with Crippen LogP contribution in [0.15, 0.2) is 0 Å². The quantitative estimate of drug-likeness (QED) is 0.154. The first-order valence-electron chi connectivity index (χ1n) is 5.59. The molecule has 0 fully saturated rings. The van der Waals surface area contributed by atoms with Gasteiger partial charge in [-0.05, 0) is 0 Å². The van der Waals surface area contributed by atoms with Gasteiger partial charge in [0.05, 0.1) is 32.5 Å². The molecule has 0 rings (SSSR count). The molecular formula is C7H19N3O15. The van der Waals surface area contributed by atoms with E-state index in [1.807, 2.05) is 0 Å². The van der Waals surface area contributed by atoms with E-state index >= 15 is 0 Å². The molecule has 0 spiro atoms. The molecule has 18 heteroatoms. The first kappa shape index (κ1) is 30.3. The molecule has 0 saturated heterocycles. The van der Waals surface area contributed by atoms with E-state index in [1.165, 1.54) is 0 Å². The highest BCUT2D eigenvalue weighted by molar-refractivity contribution is 4.89. The van der Waals surface area contributed by atoms with Crippen LogP contribution in [0, 0.1) is 36.3 Å². The highest BCUT2D eigenvalue weighted by atomic mass is 16.9. The van der Waals surface area contributed by atoms with Crippen molar-refractivity contribution in [2.24, 2.45) is 5.92 Å². The van der Waals surface area contributed by atoms with Gasteiger partial charge in [-0.1, -0.05) is 0 Å². The van der Waals surface area contributed by atoms with Gasteiger partial charge in [0, 0.05) is 5.92 Å². The minimum absolute atomic E-state index is 0.640. The number of aliphatic hydroxyl groups is 6. The van der Waals surface area contributed by atoms with Crippen LogP contribution < -0.4 is 0 Å². The van der Waals surface area contributed by atoms with Crippen LogP contribution in [0.4, 0.5) is 0 Å². The molecule has 0 aliphatic heterocycles. The second-order valence-electron chi connectivity index (χ2n) is 3.67. The Kier molecular flexibility index (Phi) is 21.4. The van der Waals surface area contributed by atoms with Crippen molar-refractivity contribution in [2.75, 3.05) is 26.4 Å². The molecule has 2 unspecified atom stereocenters. The van der Waals surface area contributed by atoms with E-state index in [-0.39, 0.29) is 0 Å². The fraction of sp³-hybridized carbons (Fsp3) is 1.00. The van der Waals surface area contributed by atoms with Gasteiger partial charge in [-0.3, -0.25) is 0 Å². The number of hydrogen-bond donors (Lipinski definition) is 9. The SMILES string of the molecule is O=[N+]([O-])O.O=[N+]([O-])O.O=[N+]([O-])O.OCC(O)C(CO)C(O)(CO)CO. The lowest BCUT2D eigenvalue weighted by Gasteiger charge is -2.34. The van der Waals surface area contributed by atoms with Crippen molar-refractivity contribution in [3.63, 3.8) is 0 Å². The molecule has 0 saturated carbocycles.